The molecule has 0 aliphatic heterocycles. The van der Waals surface area contributed by atoms with E-state index in [1.807, 2.05) is 26.0 Å². The normalized spacial score (nSPS) is 14.7. The number of carbonyl (C=O) groups excluding carboxylic acids is 2. The first kappa shape index (κ1) is 17.1. The van der Waals surface area contributed by atoms with Crippen molar-refractivity contribution in [1.29, 1.82) is 0 Å². The second-order valence-corrected chi connectivity index (χ2v) is 6.46. The van der Waals surface area contributed by atoms with Crippen molar-refractivity contribution in [1.82, 2.24) is 9.99 Å². The molecule has 0 radical (unpaired) electrons. The summed E-state index contributed by atoms with van der Waals surface area (Å²) in [4.78, 5) is 24.3. The summed E-state index contributed by atoms with van der Waals surface area (Å²) >= 11 is 0. The number of amides is 2. The average molecular weight is 341 g/mol. The fourth-order valence-electron chi connectivity index (χ4n) is 2.50. The Morgan fingerprint density at radius 3 is 2.24 bits per heavy atom. The van der Waals surface area contributed by atoms with Crippen LogP contribution in [0.4, 0.5) is 0 Å². The van der Waals surface area contributed by atoms with E-state index in [2.05, 4.69) is 10.7 Å². The molecule has 6 nitrogen and oxygen atoms in total. The van der Waals surface area contributed by atoms with Crippen LogP contribution in [0.1, 0.15) is 41.5 Å². The third-order valence-electron chi connectivity index (χ3n) is 4.21. The molecule has 0 saturated heterocycles. The number of carbonyl (C=O) groups is 2. The van der Waals surface area contributed by atoms with Gasteiger partial charge in [0, 0.05) is 23.0 Å². The minimum atomic E-state index is -0.564. The molecule has 2 aromatic rings. The maximum Gasteiger partial charge on any atom is 0.270 e. The van der Waals surface area contributed by atoms with Crippen molar-refractivity contribution < 1.29 is 14.3 Å². The van der Waals surface area contributed by atoms with Crippen molar-refractivity contribution in [3.8, 4) is 5.75 Å². The summed E-state index contributed by atoms with van der Waals surface area (Å²) in [7, 11) is 0. The highest BCUT2D eigenvalue weighted by molar-refractivity contribution is 6.00. The van der Waals surface area contributed by atoms with Crippen molar-refractivity contribution in [2.75, 3.05) is 5.43 Å². The Balaban J connectivity index is 1.59. The molecule has 2 N–H and O–H groups in total. The highest BCUT2D eigenvalue weighted by atomic mass is 16.5. The quantitative estimate of drug-likeness (QED) is 0.848. The maximum atomic E-state index is 12.3. The number of benzene rings is 1. The van der Waals surface area contributed by atoms with Gasteiger partial charge < -0.3 is 10.1 Å². The topological polar surface area (TPSA) is 72.4 Å². The molecule has 3 rings (SSSR count). The Labute approximate surface area is 147 Å². The van der Waals surface area contributed by atoms with Gasteiger partial charge in [-0.05, 0) is 70.0 Å². The first-order valence-electron chi connectivity index (χ1n) is 8.47. The van der Waals surface area contributed by atoms with Crippen LogP contribution < -0.4 is 15.5 Å². The first-order valence-corrected chi connectivity index (χ1v) is 8.47. The lowest BCUT2D eigenvalue weighted by Crippen LogP contribution is -2.37. The van der Waals surface area contributed by atoms with Crippen LogP contribution in [0.2, 0.25) is 0 Å². The third kappa shape index (κ3) is 4.21. The predicted octanol–water partition coefficient (Wildman–Crippen LogP) is 2.53. The van der Waals surface area contributed by atoms with Gasteiger partial charge >= 0.3 is 0 Å². The van der Waals surface area contributed by atoms with Gasteiger partial charge in [-0.1, -0.05) is 0 Å². The molecule has 0 unspecified atom stereocenters. The van der Waals surface area contributed by atoms with Gasteiger partial charge in [-0.15, -0.1) is 0 Å². The smallest absolute Gasteiger partial charge is 0.270 e. The van der Waals surface area contributed by atoms with E-state index >= 15 is 0 Å². The summed E-state index contributed by atoms with van der Waals surface area (Å²) in [5, 5.41) is 2.91. The van der Waals surface area contributed by atoms with Crippen LogP contribution in [0, 0.1) is 13.8 Å². The van der Waals surface area contributed by atoms with E-state index in [-0.39, 0.29) is 11.8 Å². The van der Waals surface area contributed by atoms with Crippen LogP contribution >= 0.6 is 0 Å². The molecule has 0 spiro atoms. The van der Waals surface area contributed by atoms with E-state index in [0.29, 0.717) is 17.4 Å². The molecule has 1 heterocycles. The highest BCUT2D eigenvalue weighted by Crippen LogP contribution is 2.19. The Morgan fingerprint density at radius 1 is 1.08 bits per heavy atom. The maximum absolute atomic E-state index is 12.3. The van der Waals surface area contributed by atoms with Crippen molar-refractivity contribution in [2.45, 2.75) is 45.8 Å². The van der Waals surface area contributed by atoms with E-state index < -0.39 is 6.10 Å². The Hall–Kier alpha value is -2.76. The van der Waals surface area contributed by atoms with Gasteiger partial charge in [-0.3, -0.25) is 19.7 Å². The fourth-order valence-corrected chi connectivity index (χ4v) is 2.50. The minimum absolute atomic E-state index is 0.108. The molecule has 1 saturated carbocycles. The number of aryl methyl sites for hydroxylation is 2. The lowest BCUT2D eigenvalue weighted by Gasteiger charge is -2.15. The molecule has 2 amide bonds. The molecule has 6 heteroatoms. The molecule has 1 aliphatic carbocycles. The van der Waals surface area contributed by atoms with E-state index in [1.54, 1.807) is 35.9 Å². The van der Waals surface area contributed by atoms with Gasteiger partial charge in [0.2, 0.25) is 0 Å². The second-order valence-electron chi connectivity index (χ2n) is 6.46. The van der Waals surface area contributed by atoms with Gasteiger partial charge in [-0.25, -0.2) is 0 Å². The number of rotatable bonds is 6. The summed E-state index contributed by atoms with van der Waals surface area (Å²) in [6.07, 6.45) is 1.52. The zero-order valence-electron chi connectivity index (χ0n) is 14.7. The lowest BCUT2D eigenvalue weighted by atomic mass is 10.2. The predicted molar refractivity (Wildman–Crippen MR) is 95.3 cm³/mol. The fraction of sp³-hybridized carbons (Fsp3) is 0.368. The van der Waals surface area contributed by atoms with Crippen LogP contribution in [0.5, 0.6) is 5.75 Å². The minimum Gasteiger partial charge on any atom is -0.481 e. The monoisotopic (exact) mass is 341 g/mol. The highest BCUT2D eigenvalue weighted by Gasteiger charge is 2.26. The summed E-state index contributed by atoms with van der Waals surface area (Å²) in [6.45, 7) is 5.58. The standard InChI is InChI=1S/C19H23N3O3/c1-12-4-5-13(2)22(12)21-19(24)15-6-10-17(11-7-15)25-14(3)18(23)20-16-8-9-16/h4-7,10-11,14,16H,8-9H2,1-3H3,(H,20,23)(H,21,24)/t14-/m1/s1. The Morgan fingerprint density at radius 2 is 1.68 bits per heavy atom. The van der Waals surface area contributed by atoms with Crippen molar-refractivity contribution >= 4 is 11.8 Å². The molecular formula is C19H23N3O3. The van der Waals surface area contributed by atoms with Gasteiger partial charge in [0.1, 0.15) is 5.75 Å². The summed E-state index contributed by atoms with van der Waals surface area (Å²) in [5.41, 5.74) is 5.30. The summed E-state index contributed by atoms with van der Waals surface area (Å²) in [6, 6.07) is 11.0. The molecule has 1 aliphatic rings. The van der Waals surface area contributed by atoms with Crippen LogP contribution in [0.25, 0.3) is 0 Å². The number of nitrogens with one attached hydrogen (secondary N) is 2. The molecule has 1 aromatic carbocycles. The van der Waals surface area contributed by atoms with Crippen molar-refractivity contribution in [3.05, 3.63) is 53.3 Å². The number of nitrogens with zero attached hydrogens (tertiary/aromatic N) is 1. The largest absolute Gasteiger partial charge is 0.481 e. The van der Waals surface area contributed by atoms with E-state index in [1.165, 1.54) is 0 Å². The number of hydrogen-bond acceptors (Lipinski definition) is 3. The summed E-state index contributed by atoms with van der Waals surface area (Å²) < 4.78 is 7.38. The second kappa shape index (κ2) is 7.01. The molecule has 132 valence electrons. The van der Waals surface area contributed by atoms with E-state index in [9.17, 15) is 9.59 Å². The SMILES string of the molecule is Cc1ccc(C)n1NC(=O)c1ccc(O[C@H](C)C(=O)NC2CC2)cc1. The lowest BCUT2D eigenvalue weighted by molar-refractivity contribution is -0.127. The van der Waals surface area contributed by atoms with Gasteiger partial charge in [0.05, 0.1) is 0 Å². The van der Waals surface area contributed by atoms with Crippen molar-refractivity contribution in [2.24, 2.45) is 0 Å². The van der Waals surface area contributed by atoms with E-state index in [4.69, 9.17) is 4.74 Å². The van der Waals surface area contributed by atoms with Crippen molar-refractivity contribution in [3.63, 3.8) is 0 Å². The van der Waals surface area contributed by atoms with E-state index in [0.717, 1.165) is 24.2 Å². The summed E-state index contributed by atoms with van der Waals surface area (Å²) in [5.74, 6) is 0.250. The van der Waals surface area contributed by atoms with Crippen LogP contribution in [-0.4, -0.2) is 28.6 Å². The molecule has 0 bridgehead atoms. The molecule has 1 aromatic heterocycles. The molecular weight excluding hydrogens is 318 g/mol. The first-order chi connectivity index (χ1) is 11.9. The molecule has 1 fully saturated rings. The number of ether oxygens (including phenoxy) is 1. The van der Waals surface area contributed by atoms with Crippen LogP contribution in [0.15, 0.2) is 36.4 Å². The van der Waals surface area contributed by atoms with Crippen LogP contribution in [-0.2, 0) is 4.79 Å². The van der Waals surface area contributed by atoms with Crippen LogP contribution in [0.3, 0.4) is 0 Å². The van der Waals surface area contributed by atoms with Gasteiger partial charge in [-0.2, -0.15) is 0 Å². The number of aromatic nitrogens is 1. The number of hydrogen-bond donors (Lipinski definition) is 2. The average Bonchev–Trinajstić information content (AvgIpc) is 3.36. The van der Waals surface area contributed by atoms with Gasteiger partial charge in [0.25, 0.3) is 11.8 Å². The molecule has 1 atom stereocenters. The zero-order chi connectivity index (χ0) is 18.0. The third-order valence-corrected chi connectivity index (χ3v) is 4.21. The Bertz CT molecular complexity index is 756. The van der Waals surface area contributed by atoms with Gasteiger partial charge in [0.15, 0.2) is 6.10 Å². The Kier molecular flexibility index (Phi) is 4.79. The zero-order valence-corrected chi connectivity index (χ0v) is 14.7. The molecule has 25 heavy (non-hydrogen) atoms.